The molecule has 0 radical (unpaired) electrons. The van der Waals surface area contributed by atoms with Gasteiger partial charge in [0.15, 0.2) is 0 Å². The van der Waals surface area contributed by atoms with Gasteiger partial charge in [-0.3, -0.25) is 0 Å². The van der Waals surface area contributed by atoms with Crippen molar-refractivity contribution in [2.24, 2.45) is 5.41 Å². The second-order valence-corrected chi connectivity index (χ2v) is 6.81. The minimum atomic E-state index is -0.431. The third-order valence-electron chi connectivity index (χ3n) is 4.37. The number of methoxy groups -OCH3 is 2. The van der Waals surface area contributed by atoms with Gasteiger partial charge in [-0.2, -0.15) is 0 Å². The molecule has 0 fully saturated rings. The van der Waals surface area contributed by atoms with Crippen molar-refractivity contribution in [3.05, 3.63) is 58.9 Å². The first-order chi connectivity index (χ1) is 11.3. The smallest absolute Gasteiger partial charge is 0.334 e. The van der Waals surface area contributed by atoms with Gasteiger partial charge in [0.1, 0.15) is 5.76 Å². The van der Waals surface area contributed by atoms with E-state index in [1.807, 2.05) is 12.2 Å². The van der Waals surface area contributed by atoms with Gasteiger partial charge >= 0.3 is 5.97 Å². The molecule has 132 valence electrons. The Kier molecular flexibility index (Phi) is 7.76. The van der Waals surface area contributed by atoms with Gasteiger partial charge in [0.2, 0.25) is 0 Å². The predicted molar refractivity (Wildman–Crippen MR) is 99.5 cm³/mol. The second kappa shape index (κ2) is 9.31. The van der Waals surface area contributed by atoms with Crippen LogP contribution >= 0.6 is 0 Å². The molecule has 0 unspecified atom stereocenters. The fourth-order valence-electron chi connectivity index (χ4n) is 2.93. The van der Waals surface area contributed by atoms with Crippen molar-refractivity contribution in [2.75, 3.05) is 14.2 Å². The molecule has 0 saturated carbocycles. The molecule has 0 bridgehead atoms. The quantitative estimate of drug-likeness (QED) is 0.288. The van der Waals surface area contributed by atoms with Crippen LogP contribution in [0.5, 0.6) is 0 Å². The summed E-state index contributed by atoms with van der Waals surface area (Å²) in [6.07, 6.45) is 15.0. The summed E-state index contributed by atoms with van der Waals surface area (Å²) in [7, 11) is 2.87. The van der Waals surface area contributed by atoms with Crippen molar-refractivity contribution >= 4 is 5.97 Å². The molecule has 0 heterocycles. The molecule has 3 heteroatoms. The van der Waals surface area contributed by atoms with Crippen LogP contribution in [0.2, 0.25) is 0 Å². The van der Waals surface area contributed by atoms with Gasteiger partial charge in [0, 0.05) is 0 Å². The van der Waals surface area contributed by atoms with Crippen LogP contribution in [0.25, 0.3) is 0 Å². The lowest BCUT2D eigenvalue weighted by Gasteiger charge is -2.32. The SMILES string of the molecule is COC(=O)\C=C(/C=C/C=C(C)\C=C\C1=C(C)CCCC1(C)C)OC. The van der Waals surface area contributed by atoms with Gasteiger partial charge in [-0.05, 0) is 50.2 Å². The molecule has 0 spiro atoms. The van der Waals surface area contributed by atoms with Gasteiger partial charge in [-0.1, -0.05) is 49.3 Å². The Labute approximate surface area is 146 Å². The summed E-state index contributed by atoms with van der Waals surface area (Å²) < 4.78 is 9.70. The summed E-state index contributed by atoms with van der Waals surface area (Å²) in [5, 5.41) is 0. The van der Waals surface area contributed by atoms with E-state index in [0.717, 1.165) is 5.57 Å². The van der Waals surface area contributed by atoms with Crippen molar-refractivity contribution < 1.29 is 14.3 Å². The van der Waals surface area contributed by atoms with Gasteiger partial charge in [-0.15, -0.1) is 0 Å². The Balaban J connectivity index is 2.81. The van der Waals surface area contributed by atoms with Gasteiger partial charge < -0.3 is 9.47 Å². The van der Waals surface area contributed by atoms with E-state index in [1.54, 1.807) is 6.08 Å². The van der Waals surface area contributed by atoms with Crippen LogP contribution in [0.1, 0.15) is 47.0 Å². The van der Waals surface area contributed by atoms with Crippen LogP contribution in [0.3, 0.4) is 0 Å². The molecule has 24 heavy (non-hydrogen) atoms. The summed E-state index contributed by atoms with van der Waals surface area (Å²) in [6, 6.07) is 0. The highest BCUT2D eigenvalue weighted by molar-refractivity contribution is 5.82. The normalized spacial score (nSPS) is 19.2. The molecule has 0 N–H and O–H groups in total. The van der Waals surface area contributed by atoms with E-state index in [0.29, 0.717) is 5.76 Å². The number of allylic oxidation sites excluding steroid dienone is 8. The lowest BCUT2D eigenvalue weighted by Crippen LogP contribution is -2.19. The van der Waals surface area contributed by atoms with Crippen LogP contribution in [0, 0.1) is 5.41 Å². The molecule has 0 atom stereocenters. The minimum absolute atomic E-state index is 0.251. The van der Waals surface area contributed by atoms with E-state index in [4.69, 9.17) is 4.74 Å². The maximum Gasteiger partial charge on any atom is 0.334 e. The molecule has 0 aromatic carbocycles. The van der Waals surface area contributed by atoms with Crippen LogP contribution < -0.4 is 0 Å². The van der Waals surface area contributed by atoms with Crippen molar-refractivity contribution in [1.29, 1.82) is 0 Å². The average molecular weight is 330 g/mol. The molecular weight excluding hydrogens is 300 g/mol. The Morgan fingerprint density at radius 1 is 1.17 bits per heavy atom. The zero-order chi connectivity index (χ0) is 18.2. The van der Waals surface area contributed by atoms with E-state index in [9.17, 15) is 4.79 Å². The Morgan fingerprint density at radius 2 is 1.88 bits per heavy atom. The number of carbonyl (C=O) groups excluding carboxylic acids is 1. The number of esters is 1. The summed E-state index contributed by atoms with van der Waals surface area (Å²) in [5.74, 6) is 0.0286. The lowest BCUT2D eigenvalue weighted by atomic mass is 9.72. The van der Waals surface area contributed by atoms with Crippen LogP contribution in [-0.4, -0.2) is 20.2 Å². The van der Waals surface area contributed by atoms with Gasteiger partial charge in [0.05, 0.1) is 20.3 Å². The van der Waals surface area contributed by atoms with Crippen molar-refractivity contribution in [3.63, 3.8) is 0 Å². The maximum atomic E-state index is 11.2. The highest BCUT2D eigenvalue weighted by Gasteiger charge is 2.26. The number of rotatable bonds is 6. The van der Waals surface area contributed by atoms with Crippen LogP contribution in [-0.2, 0) is 14.3 Å². The van der Waals surface area contributed by atoms with E-state index in [2.05, 4.69) is 44.6 Å². The molecule has 1 aliphatic rings. The van der Waals surface area contributed by atoms with E-state index in [-0.39, 0.29) is 5.41 Å². The highest BCUT2D eigenvalue weighted by atomic mass is 16.5. The maximum absolute atomic E-state index is 11.2. The van der Waals surface area contributed by atoms with E-state index in [1.165, 1.54) is 50.7 Å². The molecule has 0 amide bonds. The number of hydrogen-bond acceptors (Lipinski definition) is 3. The minimum Gasteiger partial charge on any atom is -0.496 e. The van der Waals surface area contributed by atoms with E-state index >= 15 is 0 Å². The standard InChI is InChI=1S/C21H30O3/c1-16(9-7-11-18(23-5)15-20(22)24-6)12-13-19-17(2)10-8-14-21(19,3)4/h7,9,11-13,15H,8,10,14H2,1-6H3/b11-7+,13-12+,16-9-,18-15+. The highest BCUT2D eigenvalue weighted by Crippen LogP contribution is 2.40. The summed E-state index contributed by atoms with van der Waals surface area (Å²) in [4.78, 5) is 11.2. The lowest BCUT2D eigenvalue weighted by molar-refractivity contribution is -0.135. The number of carbonyl (C=O) groups is 1. The molecule has 0 saturated heterocycles. The first-order valence-corrected chi connectivity index (χ1v) is 8.37. The van der Waals surface area contributed by atoms with Crippen LogP contribution in [0.4, 0.5) is 0 Å². The fourth-order valence-corrected chi connectivity index (χ4v) is 2.93. The summed E-state index contributed by atoms with van der Waals surface area (Å²) in [6.45, 7) is 8.93. The molecule has 1 aliphatic carbocycles. The monoisotopic (exact) mass is 330 g/mol. The Hall–Kier alpha value is -2.03. The molecule has 0 aliphatic heterocycles. The summed E-state index contributed by atoms with van der Waals surface area (Å²) >= 11 is 0. The Bertz CT molecular complexity index is 599. The molecular formula is C21H30O3. The van der Waals surface area contributed by atoms with Crippen LogP contribution in [0.15, 0.2) is 58.9 Å². The first-order valence-electron chi connectivity index (χ1n) is 8.37. The predicted octanol–water partition coefficient (Wildman–Crippen LogP) is 5.28. The largest absolute Gasteiger partial charge is 0.496 e. The zero-order valence-electron chi connectivity index (χ0n) is 15.8. The number of hydrogen-bond donors (Lipinski definition) is 0. The third-order valence-corrected chi connectivity index (χ3v) is 4.37. The Morgan fingerprint density at radius 3 is 2.46 bits per heavy atom. The average Bonchev–Trinajstić information content (AvgIpc) is 2.52. The molecule has 0 aromatic heterocycles. The zero-order valence-corrected chi connectivity index (χ0v) is 15.8. The third kappa shape index (κ3) is 6.23. The number of ether oxygens (including phenoxy) is 2. The second-order valence-electron chi connectivity index (χ2n) is 6.81. The molecule has 3 nitrogen and oxygen atoms in total. The topological polar surface area (TPSA) is 35.5 Å². The summed E-state index contributed by atoms with van der Waals surface area (Å²) in [5.41, 5.74) is 4.34. The van der Waals surface area contributed by atoms with Crippen molar-refractivity contribution in [2.45, 2.75) is 47.0 Å². The van der Waals surface area contributed by atoms with Gasteiger partial charge in [0.25, 0.3) is 0 Å². The fraction of sp³-hybridized carbons (Fsp3) is 0.476. The van der Waals surface area contributed by atoms with E-state index < -0.39 is 5.97 Å². The van der Waals surface area contributed by atoms with Crippen molar-refractivity contribution in [1.82, 2.24) is 0 Å². The van der Waals surface area contributed by atoms with Gasteiger partial charge in [-0.25, -0.2) is 4.79 Å². The molecule has 1 rings (SSSR count). The first kappa shape index (κ1) is 20.0. The van der Waals surface area contributed by atoms with Crippen molar-refractivity contribution in [3.8, 4) is 0 Å². The molecule has 0 aromatic rings.